The summed E-state index contributed by atoms with van der Waals surface area (Å²) in [4.78, 5) is 24.4. The molecule has 0 saturated carbocycles. The van der Waals surface area contributed by atoms with Gasteiger partial charge in [-0.25, -0.2) is 4.79 Å². The number of aromatic nitrogens is 2. The largest absolute Gasteiger partial charge is 0.478 e. The zero-order valence-electron chi connectivity index (χ0n) is 12.8. The van der Waals surface area contributed by atoms with E-state index in [2.05, 4.69) is 10.4 Å². The highest BCUT2D eigenvalue weighted by atomic mass is 32.1. The van der Waals surface area contributed by atoms with Gasteiger partial charge in [0.15, 0.2) is 0 Å². The van der Waals surface area contributed by atoms with Crippen LogP contribution in [0.4, 0.5) is 5.00 Å². The number of nitrogens with zero attached hydrogens (tertiary/aromatic N) is 2. The van der Waals surface area contributed by atoms with Crippen molar-refractivity contribution in [2.45, 2.75) is 33.1 Å². The van der Waals surface area contributed by atoms with E-state index in [1.165, 1.54) is 11.3 Å². The molecule has 7 heteroatoms. The van der Waals surface area contributed by atoms with Gasteiger partial charge in [0.1, 0.15) is 5.00 Å². The lowest BCUT2D eigenvalue weighted by atomic mass is 10.1. The zero-order valence-corrected chi connectivity index (χ0v) is 13.7. The molecule has 2 rings (SSSR count). The van der Waals surface area contributed by atoms with Gasteiger partial charge in [-0.05, 0) is 31.4 Å². The Bertz CT molecular complexity index is 703. The lowest BCUT2D eigenvalue weighted by molar-refractivity contribution is -0.116. The highest BCUT2D eigenvalue weighted by Gasteiger charge is 2.21. The van der Waals surface area contributed by atoms with Gasteiger partial charge in [-0.15, -0.1) is 11.3 Å². The van der Waals surface area contributed by atoms with Crippen LogP contribution < -0.4 is 5.32 Å². The molecule has 0 spiro atoms. The first-order chi connectivity index (χ1) is 10.4. The molecule has 0 aliphatic rings. The Balaban J connectivity index is 2.08. The Morgan fingerprint density at radius 1 is 1.45 bits per heavy atom. The minimum Gasteiger partial charge on any atom is -0.478 e. The van der Waals surface area contributed by atoms with Crippen molar-refractivity contribution in [3.63, 3.8) is 0 Å². The van der Waals surface area contributed by atoms with Crippen molar-refractivity contribution in [2.24, 2.45) is 7.05 Å². The molecular formula is C15H19N3O3S. The van der Waals surface area contributed by atoms with Crippen LogP contribution in [0.3, 0.4) is 0 Å². The maximum absolute atomic E-state index is 12.1. The first-order valence-corrected chi connectivity index (χ1v) is 7.88. The van der Waals surface area contributed by atoms with Crippen molar-refractivity contribution in [3.8, 4) is 0 Å². The normalized spacial score (nSPS) is 10.7. The number of anilines is 1. The SMILES string of the molecule is CCc1c(C)sc(NC(=O)CCc2ccnn2C)c1C(=O)O. The van der Waals surface area contributed by atoms with Crippen molar-refractivity contribution < 1.29 is 14.7 Å². The van der Waals surface area contributed by atoms with Crippen molar-refractivity contribution in [1.82, 2.24) is 9.78 Å². The van der Waals surface area contributed by atoms with Crippen molar-refractivity contribution >= 4 is 28.2 Å². The van der Waals surface area contributed by atoms with E-state index in [-0.39, 0.29) is 17.9 Å². The molecule has 2 heterocycles. The van der Waals surface area contributed by atoms with Gasteiger partial charge in [-0.2, -0.15) is 5.10 Å². The second-order valence-electron chi connectivity index (χ2n) is 4.99. The molecule has 6 nitrogen and oxygen atoms in total. The second-order valence-corrected chi connectivity index (χ2v) is 6.22. The Morgan fingerprint density at radius 3 is 2.73 bits per heavy atom. The molecule has 1 amide bonds. The van der Waals surface area contributed by atoms with Crippen molar-refractivity contribution in [1.29, 1.82) is 0 Å². The predicted octanol–water partition coefficient (Wildman–Crippen LogP) is 2.62. The maximum atomic E-state index is 12.1. The van der Waals surface area contributed by atoms with Crippen molar-refractivity contribution in [2.75, 3.05) is 5.32 Å². The Morgan fingerprint density at radius 2 is 2.18 bits per heavy atom. The molecule has 2 aromatic heterocycles. The molecule has 0 atom stereocenters. The predicted molar refractivity (Wildman–Crippen MR) is 85.6 cm³/mol. The van der Waals surface area contributed by atoms with Crippen LogP contribution in [0.5, 0.6) is 0 Å². The first-order valence-electron chi connectivity index (χ1n) is 7.06. The molecule has 0 aromatic carbocycles. The summed E-state index contributed by atoms with van der Waals surface area (Å²) in [5.74, 6) is -1.18. The van der Waals surface area contributed by atoms with E-state index in [4.69, 9.17) is 0 Å². The molecule has 2 aromatic rings. The summed E-state index contributed by atoms with van der Waals surface area (Å²) < 4.78 is 1.72. The number of nitrogens with one attached hydrogen (secondary N) is 1. The van der Waals surface area contributed by atoms with E-state index in [9.17, 15) is 14.7 Å². The maximum Gasteiger partial charge on any atom is 0.339 e. The fraction of sp³-hybridized carbons (Fsp3) is 0.400. The highest BCUT2D eigenvalue weighted by molar-refractivity contribution is 7.16. The fourth-order valence-corrected chi connectivity index (χ4v) is 3.55. The van der Waals surface area contributed by atoms with Gasteiger partial charge >= 0.3 is 5.97 Å². The number of thiophene rings is 1. The van der Waals surface area contributed by atoms with Gasteiger partial charge in [0.25, 0.3) is 0 Å². The lowest BCUT2D eigenvalue weighted by Gasteiger charge is -2.05. The van der Waals surface area contributed by atoms with Gasteiger partial charge in [-0.3, -0.25) is 9.48 Å². The number of carboxylic acid groups (broad SMARTS) is 1. The van der Waals surface area contributed by atoms with Crippen LogP contribution >= 0.6 is 11.3 Å². The standard InChI is InChI=1S/C15H19N3O3S/c1-4-11-9(2)22-14(13(11)15(20)21)17-12(19)6-5-10-7-8-16-18(10)3/h7-8H,4-6H2,1-3H3,(H,17,19)(H,20,21). The van der Waals surface area contributed by atoms with Crippen LogP contribution in [0.2, 0.25) is 0 Å². The summed E-state index contributed by atoms with van der Waals surface area (Å²) in [5.41, 5.74) is 1.98. The number of amides is 1. The number of carboxylic acids is 1. The van der Waals surface area contributed by atoms with E-state index >= 15 is 0 Å². The average molecular weight is 321 g/mol. The number of carbonyl (C=O) groups excluding carboxylic acids is 1. The van der Waals surface area contributed by atoms with E-state index in [0.717, 1.165) is 16.1 Å². The summed E-state index contributed by atoms with van der Waals surface area (Å²) in [6.07, 6.45) is 3.17. The fourth-order valence-electron chi connectivity index (χ4n) is 2.40. The van der Waals surface area contributed by atoms with E-state index in [1.807, 2.05) is 27.0 Å². The van der Waals surface area contributed by atoms with E-state index in [0.29, 0.717) is 17.8 Å². The molecule has 118 valence electrons. The zero-order chi connectivity index (χ0) is 16.3. The lowest BCUT2D eigenvalue weighted by Crippen LogP contribution is -2.15. The molecule has 22 heavy (non-hydrogen) atoms. The number of hydrogen-bond donors (Lipinski definition) is 2. The Labute approximate surface area is 132 Å². The van der Waals surface area contributed by atoms with E-state index < -0.39 is 5.97 Å². The van der Waals surface area contributed by atoms with Crippen LogP contribution in [0.25, 0.3) is 0 Å². The topological polar surface area (TPSA) is 84.2 Å². The van der Waals surface area contributed by atoms with Crippen LogP contribution in [0, 0.1) is 6.92 Å². The van der Waals surface area contributed by atoms with Gasteiger partial charge < -0.3 is 10.4 Å². The van der Waals surface area contributed by atoms with Crippen LogP contribution in [-0.4, -0.2) is 26.8 Å². The Hall–Kier alpha value is -2.15. The number of hydrogen-bond acceptors (Lipinski definition) is 4. The summed E-state index contributed by atoms with van der Waals surface area (Å²) in [7, 11) is 1.83. The molecule has 2 N–H and O–H groups in total. The van der Waals surface area contributed by atoms with Crippen LogP contribution in [0.1, 0.15) is 39.8 Å². The first kappa shape index (κ1) is 16.2. The third-order valence-electron chi connectivity index (χ3n) is 3.56. The molecule has 0 radical (unpaired) electrons. The Kier molecular flexibility index (Phi) is 4.97. The van der Waals surface area contributed by atoms with Crippen LogP contribution in [0.15, 0.2) is 12.3 Å². The van der Waals surface area contributed by atoms with E-state index in [1.54, 1.807) is 10.9 Å². The summed E-state index contributed by atoms with van der Waals surface area (Å²) in [6, 6.07) is 1.86. The minimum atomic E-state index is -0.997. The molecular weight excluding hydrogens is 302 g/mol. The monoisotopic (exact) mass is 321 g/mol. The molecule has 0 unspecified atom stereocenters. The highest BCUT2D eigenvalue weighted by Crippen LogP contribution is 2.33. The number of aryl methyl sites for hydroxylation is 3. The van der Waals surface area contributed by atoms with Gasteiger partial charge in [-0.1, -0.05) is 6.92 Å². The minimum absolute atomic E-state index is 0.187. The number of carbonyl (C=O) groups is 2. The molecule has 0 aliphatic carbocycles. The number of aromatic carboxylic acids is 1. The average Bonchev–Trinajstić information content (AvgIpc) is 2.99. The van der Waals surface area contributed by atoms with Crippen molar-refractivity contribution in [3.05, 3.63) is 34.0 Å². The molecule has 0 bridgehead atoms. The third-order valence-corrected chi connectivity index (χ3v) is 4.62. The third kappa shape index (κ3) is 3.36. The number of rotatable bonds is 6. The summed E-state index contributed by atoms with van der Waals surface area (Å²) in [6.45, 7) is 3.79. The van der Waals surface area contributed by atoms with Gasteiger partial charge in [0, 0.05) is 30.2 Å². The summed E-state index contributed by atoms with van der Waals surface area (Å²) in [5, 5.41) is 16.6. The quantitative estimate of drug-likeness (QED) is 0.856. The molecule has 0 saturated heterocycles. The smallest absolute Gasteiger partial charge is 0.339 e. The second kappa shape index (κ2) is 6.74. The van der Waals surface area contributed by atoms with Gasteiger partial charge in [0.05, 0.1) is 5.56 Å². The summed E-state index contributed by atoms with van der Waals surface area (Å²) >= 11 is 1.32. The van der Waals surface area contributed by atoms with Crippen LogP contribution in [-0.2, 0) is 24.7 Å². The van der Waals surface area contributed by atoms with Gasteiger partial charge in [0.2, 0.25) is 5.91 Å². The molecule has 0 fully saturated rings. The molecule has 0 aliphatic heterocycles.